The lowest BCUT2D eigenvalue weighted by Crippen LogP contribution is -2.48. The molecule has 2 rings (SSSR count). The molecule has 94 valence electrons. The van der Waals surface area contributed by atoms with E-state index >= 15 is 0 Å². The highest BCUT2D eigenvalue weighted by atomic mass is 16.5. The Morgan fingerprint density at radius 3 is 2.81 bits per heavy atom. The Bertz CT molecular complexity index is 234. The Hall–Kier alpha value is -0.120. The standard InChI is InChI=1S/C13H25NO2/c1-10-4-3-6-13(15,8-10)9-14-12-5-7-16-11(12)2/h10-12,14-15H,3-9H2,1-2H3. The quantitative estimate of drug-likeness (QED) is 0.771. The second-order valence-electron chi connectivity index (χ2n) is 5.78. The minimum Gasteiger partial charge on any atom is -0.389 e. The molecular formula is C13H25NO2. The number of nitrogens with one attached hydrogen (secondary N) is 1. The first kappa shape index (κ1) is 12.3. The molecule has 1 saturated heterocycles. The molecule has 0 spiro atoms. The van der Waals surface area contributed by atoms with Gasteiger partial charge in [0.15, 0.2) is 0 Å². The van der Waals surface area contributed by atoms with E-state index in [9.17, 15) is 5.11 Å². The molecule has 1 aliphatic carbocycles. The van der Waals surface area contributed by atoms with Crippen molar-refractivity contribution in [1.29, 1.82) is 0 Å². The van der Waals surface area contributed by atoms with E-state index in [1.807, 2.05) is 0 Å². The largest absolute Gasteiger partial charge is 0.389 e. The normalized spacial score (nSPS) is 44.8. The van der Waals surface area contributed by atoms with Crippen LogP contribution in [0.4, 0.5) is 0 Å². The minimum atomic E-state index is -0.472. The zero-order chi connectivity index (χ0) is 11.6. The van der Waals surface area contributed by atoms with Crippen LogP contribution in [0.1, 0.15) is 46.0 Å². The highest BCUT2D eigenvalue weighted by Gasteiger charge is 2.34. The lowest BCUT2D eigenvalue weighted by molar-refractivity contribution is -0.0154. The second-order valence-corrected chi connectivity index (χ2v) is 5.78. The van der Waals surface area contributed by atoms with Crippen molar-refractivity contribution >= 4 is 0 Å². The average Bonchev–Trinajstić information content (AvgIpc) is 2.61. The highest BCUT2D eigenvalue weighted by Crippen LogP contribution is 2.32. The third-order valence-electron chi connectivity index (χ3n) is 4.14. The van der Waals surface area contributed by atoms with Crippen molar-refractivity contribution in [3.63, 3.8) is 0 Å². The highest BCUT2D eigenvalue weighted by molar-refractivity contribution is 4.90. The molecule has 0 aromatic heterocycles. The van der Waals surface area contributed by atoms with Gasteiger partial charge in [0.25, 0.3) is 0 Å². The van der Waals surface area contributed by atoms with E-state index in [1.165, 1.54) is 6.42 Å². The fourth-order valence-corrected chi connectivity index (χ4v) is 3.11. The third-order valence-corrected chi connectivity index (χ3v) is 4.14. The minimum absolute atomic E-state index is 0.296. The maximum atomic E-state index is 10.5. The molecule has 2 aliphatic rings. The van der Waals surface area contributed by atoms with Crippen LogP contribution in [-0.2, 0) is 4.74 Å². The van der Waals surface area contributed by atoms with Gasteiger partial charge in [-0.05, 0) is 32.1 Å². The summed E-state index contributed by atoms with van der Waals surface area (Å²) in [4.78, 5) is 0. The van der Waals surface area contributed by atoms with Gasteiger partial charge in [-0.3, -0.25) is 0 Å². The maximum Gasteiger partial charge on any atom is 0.0774 e. The zero-order valence-electron chi connectivity index (χ0n) is 10.5. The van der Waals surface area contributed by atoms with Gasteiger partial charge in [0.05, 0.1) is 11.7 Å². The van der Waals surface area contributed by atoms with Crippen molar-refractivity contribution in [2.75, 3.05) is 13.2 Å². The van der Waals surface area contributed by atoms with Gasteiger partial charge in [-0.2, -0.15) is 0 Å². The Labute approximate surface area is 98.6 Å². The number of aliphatic hydroxyl groups is 1. The van der Waals surface area contributed by atoms with Crippen LogP contribution >= 0.6 is 0 Å². The lowest BCUT2D eigenvalue weighted by atomic mass is 9.79. The lowest BCUT2D eigenvalue weighted by Gasteiger charge is -2.36. The summed E-state index contributed by atoms with van der Waals surface area (Å²) >= 11 is 0. The summed E-state index contributed by atoms with van der Waals surface area (Å²) in [6.07, 6.45) is 5.70. The van der Waals surface area contributed by atoms with Crippen LogP contribution in [0.15, 0.2) is 0 Å². The van der Waals surface area contributed by atoms with Crippen molar-refractivity contribution in [1.82, 2.24) is 5.32 Å². The van der Waals surface area contributed by atoms with Gasteiger partial charge in [0.2, 0.25) is 0 Å². The van der Waals surface area contributed by atoms with Gasteiger partial charge < -0.3 is 15.2 Å². The predicted octanol–water partition coefficient (Wildman–Crippen LogP) is 1.69. The molecule has 4 atom stereocenters. The van der Waals surface area contributed by atoms with E-state index < -0.39 is 5.60 Å². The summed E-state index contributed by atoms with van der Waals surface area (Å²) in [7, 11) is 0. The van der Waals surface area contributed by atoms with Gasteiger partial charge in [-0.15, -0.1) is 0 Å². The third kappa shape index (κ3) is 2.96. The SMILES string of the molecule is CC1CCCC(O)(CNC2CCOC2C)C1. The first-order valence-corrected chi connectivity index (χ1v) is 6.66. The van der Waals surface area contributed by atoms with Gasteiger partial charge in [0.1, 0.15) is 0 Å². The Morgan fingerprint density at radius 2 is 2.19 bits per heavy atom. The van der Waals surface area contributed by atoms with E-state index in [4.69, 9.17) is 4.74 Å². The molecule has 0 bridgehead atoms. The van der Waals surface area contributed by atoms with Crippen LogP contribution in [0.5, 0.6) is 0 Å². The molecule has 3 heteroatoms. The molecular weight excluding hydrogens is 202 g/mol. The molecule has 0 radical (unpaired) electrons. The molecule has 1 heterocycles. The van der Waals surface area contributed by atoms with E-state index in [2.05, 4.69) is 19.2 Å². The Balaban J connectivity index is 1.79. The molecule has 0 amide bonds. The zero-order valence-corrected chi connectivity index (χ0v) is 10.5. The first-order chi connectivity index (χ1) is 7.59. The second kappa shape index (κ2) is 5.03. The van der Waals surface area contributed by atoms with E-state index in [0.717, 1.165) is 38.8 Å². The Kier molecular flexibility index (Phi) is 3.88. The summed E-state index contributed by atoms with van der Waals surface area (Å²) < 4.78 is 5.52. The fraction of sp³-hybridized carbons (Fsp3) is 1.00. The molecule has 4 unspecified atom stereocenters. The maximum absolute atomic E-state index is 10.5. The molecule has 1 aliphatic heterocycles. The van der Waals surface area contributed by atoms with Gasteiger partial charge in [-0.25, -0.2) is 0 Å². The van der Waals surface area contributed by atoms with E-state index in [0.29, 0.717) is 18.1 Å². The summed E-state index contributed by atoms with van der Waals surface area (Å²) in [6.45, 7) is 5.94. The Morgan fingerprint density at radius 1 is 1.38 bits per heavy atom. The van der Waals surface area contributed by atoms with Crippen molar-refractivity contribution in [2.45, 2.75) is 63.7 Å². The van der Waals surface area contributed by atoms with E-state index in [1.54, 1.807) is 0 Å². The average molecular weight is 227 g/mol. The molecule has 0 aromatic rings. The van der Waals surface area contributed by atoms with E-state index in [-0.39, 0.29) is 0 Å². The topological polar surface area (TPSA) is 41.5 Å². The van der Waals surface area contributed by atoms with Crippen LogP contribution in [0.2, 0.25) is 0 Å². The van der Waals surface area contributed by atoms with Crippen LogP contribution < -0.4 is 5.32 Å². The van der Waals surface area contributed by atoms with Gasteiger partial charge in [-0.1, -0.05) is 19.8 Å². The van der Waals surface area contributed by atoms with Gasteiger partial charge in [0, 0.05) is 19.2 Å². The van der Waals surface area contributed by atoms with Crippen molar-refractivity contribution in [3.05, 3.63) is 0 Å². The fourth-order valence-electron chi connectivity index (χ4n) is 3.11. The van der Waals surface area contributed by atoms with Crippen molar-refractivity contribution in [2.24, 2.45) is 5.92 Å². The molecule has 2 N–H and O–H groups in total. The smallest absolute Gasteiger partial charge is 0.0774 e. The first-order valence-electron chi connectivity index (χ1n) is 6.66. The number of ether oxygens (including phenoxy) is 1. The van der Waals surface area contributed by atoms with Crippen LogP contribution in [0, 0.1) is 5.92 Å². The van der Waals surface area contributed by atoms with Crippen LogP contribution in [0.25, 0.3) is 0 Å². The number of hydrogen-bond donors (Lipinski definition) is 2. The monoisotopic (exact) mass is 227 g/mol. The van der Waals surface area contributed by atoms with Gasteiger partial charge >= 0.3 is 0 Å². The van der Waals surface area contributed by atoms with Crippen molar-refractivity contribution in [3.8, 4) is 0 Å². The van der Waals surface area contributed by atoms with Crippen molar-refractivity contribution < 1.29 is 9.84 Å². The summed E-state index contributed by atoms with van der Waals surface area (Å²) in [5, 5.41) is 14.0. The number of hydrogen-bond acceptors (Lipinski definition) is 3. The molecule has 16 heavy (non-hydrogen) atoms. The van der Waals surface area contributed by atoms with Crippen LogP contribution in [0.3, 0.4) is 0 Å². The predicted molar refractivity (Wildman–Crippen MR) is 64.4 cm³/mol. The molecule has 2 fully saturated rings. The summed E-state index contributed by atoms with van der Waals surface area (Å²) in [5.41, 5.74) is -0.472. The molecule has 0 aromatic carbocycles. The van der Waals surface area contributed by atoms with Crippen LogP contribution in [-0.4, -0.2) is 36.0 Å². The summed E-state index contributed by atoms with van der Waals surface area (Å²) in [6, 6.07) is 0.432. The molecule has 3 nitrogen and oxygen atoms in total. The molecule has 1 saturated carbocycles. The number of rotatable bonds is 3. The summed E-state index contributed by atoms with van der Waals surface area (Å²) in [5.74, 6) is 0.665.